The summed E-state index contributed by atoms with van der Waals surface area (Å²) in [5.41, 5.74) is 8.32. The highest BCUT2D eigenvalue weighted by Crippen LogP contribution is 2.19. The van der Waals surface area contributed by atoms with Crippen molar-refractivity contribution in [2.75, 3.05) is 12.4 Å². The van der Waals surface area contributed by atoms with Gasteiger partial charge in [0.2, 0.25) is 0 Å². The van der Waals surface area contributed by atoms with E-state index in [1.807, 2.05) is 6.20 Å². The van der Waals surface area contributed by atoms with Crippen LogP contribution in [0.1, 0.15) is 31.7 Å². The Kier molecular flexibility index (Phi) is 5.99. The van der Waals surface area contributed by atoms with Crippen molar-refractivity contribution in [3.8, 4) is 5.75 Å². The first-order valence-electron chi connectivity index (χ1n) is 7.13. The molecule has 3 nitrogen and oxygen atoms in total. The average Bonchev–Trinajstić information content (AvgIpc) is 2.49. The Labute approximate surface area is 125 Å². The van der Waals surface area contributed by atoms with Gasteiger partial charge in [0.05, 0.1) is 6.61 Å². The van der Waals surface area contributed by atoms with E-state index in [0.717, 1.165) is 43.8 Å². The lowest BCUT2D eigenvalue weighted by Gasteiger charge is -2.10. The maximum absolute atomic E-state index is 5.74. The van der Waals surface area contributed by atoms with Crippen molar-refractivity contribution < 1.29 is 4.74 Å². The number of rotatable bonds is 7. The molecule has 0 atom stereocenters. The van der Waals surface area contributed by atoms with E-state index in [9.17, 15) is 0 Å². The molecule has 1 aromatic rings. The van der Waals surface area contributed by atoms with Crippen LogP contribution >= 0.6 is 11.8 Å². The van der Waals surface area contributed by atoms with Gasteiger partial charge in [-0.1, -0.05) is 30.8 Å². The zero-order chi connectivity index (χ0) is 14.2. The Bertz CT molecular complexity index is 480. The molecule has 0 spiro atoms. The molecule has 4 heteroatoms. The summed E-state index contributed by atoms with van der Waals surface area (Å²) in [5, 5.41) is 0.674. The van der Waals surface area contributed by atoms with E-state index >= 15 is 0 Å². The predicted octanol–water partition coefficient (Wildman–Crippen LogP) is 3.74. The van der Waals surface area contributed by atoms with E-state index in [-0.39, 0.29) is 0 Å². The van der Waals surface area contributed by atoms with Crippen LogP contribution in [0.4, 0.5) is 0 Å². The molecular weight excluding hydrogens is 268 g/mol. The number of aryl methyl sites for hydroxylation is 1. The van der Waals surface area contributed by atoms with Crippen LogP contribution < -0.4 is 10.5 Å². The summed E-state index contributed by atoms with van der Waals surface area (Å²) >= 11 is 1.62. The number of benzene rings is 1. The minimum Gasteiger partial charge on any atom is -0.494 e. The van der Waals surface area contributed by atoms with Crippen LogP contribution in [0.25, 0.3) is 0 Å². The summed E-state index contributed by atoms with van der Waals surface area (Å²) in [4.78, 5) is 4.14. The largest absolute Gasteiger partial charge is 0.494 e. The van der Waals surface area contributed by atoms with Gasteiger partial charge in [0.1, 0.15) is 5.75 Å². The van der Waals surface area contributed by atoms with E-state index in [4.69, 9.17) is 10.5 Å². The molecule has 2 rings (SSSR count). The van der Waals surface area contributed by atoms with Gasteiger partial charge in [-0.15, -0.1) is 0 Å². The summed E-state index contributed by atoms with van der Waals surface area (Å²) in [6.45, 7) is 2.93. The lowest BCUT2D eigenvalue weighted by Crippen LogP contribution is -2.10. The molecule has 1 aromatic carbocycles. The standard InChI is InChI=1S/C16H22N2OS/c1-2-13-6-8-15(9-7-13)19-10-4-3-5-14-11-18-16(17)20-12-14/h6-9,11H,2-5,10,12H2,1H3,(H2,17,18). The number of nitrogens with two attached hydrogens (primary N) is 1. The van der Waals surface area contributed by atoms with Crippen molar-refractivity contribution in [1.82, 2.24) is 0 Å². The molecule has 108 valence electrons. The summed E-state index contributed by atoms with van der Waals surface area (Å²) in [7, 11) is 0. The molecule has 0 bridgehead atoms. The van der Waals surface area contributed by atoms with E-state index in [1.165, 1.54) is 11.1 Å². The lowest BCUT2D eigenvalue weighted by atomic mass is 10.1. The van der Waals surface area contributed by atoms with Gasteiger partial charge in [-0.05, 0) is 49.0 Å². The van der Waals surface area contributed by atoms with Crippen molar-refractivity contribution >= 4 is 16.9 Å². The molecular formula is C16H22N2OS. The van der Waals surface area contributed by atoms with Crippen LogP contribution in [0.5, 0.6) is 5.75 Å². The Morgan fingerprint density at radius 3 is 2.70 bits per heavy atom. The molecule has 0 radical (unpaired) electrons. The lowest BCUT2D eigenvalue weighted by molar-refractivity contribution is 0.307. The second kappa shape index (κ2) is 8.00. The van der Waals surface area contributed by atoms with Gasteiger partial charge in [-0.3, -0.25) is 0 Å². The van der Waals surface area contributed by atoms with Crippen molar-refractivity contribution in [2.24, 2.45) is 10.7 Å². The zero-order valence-electron chi connectivity index (χ0n) is 12.0. The fourth-order valence-corrected chi connectivity index (χ4v) is 2.68. The first kappa shape index (κ1) is 15.0. The molecule has 20 heavy (non-hydrogen) atoms. The van der Waals surface area contributed by atoms with Crippen molar-refractivity contribution in [1.29, 1.82) is 0 Å². The highest BCUT2D eigenvalue weighted by molar-refractivity contribution is 8.14. The molecule has 2 N–H and O–H groups in total. The summed E-state index contributed by atoms with van der Waals surface area (Å²) in [5.74, 6) is 1.95. The van der Waals surface area contributed by atoms with Gasteiger partial charge in [-0.2, -0.15) is 0 Å². The molecule has 0 fully saturated rings. The fourth-order valence-electron chi connectivity index (χ4n) is 2.00. The Hall–Kier alpha value is -1.42. The number of hydrogen-bond donors (Lipinski definition) is 1. The van der Waals surface area contributed by atoms with Gasteiger partial charge < -0.3 is 10.5 Å². The van der Waals surface area contributed by atoms with Gasteiger partial charge in [0.15, 0.2) is 5.17 Å². The van der Waals surface area contributed by atoms with Gasteiger partial charge in [-0.25, -0.2) is 4.99 Å². The molecule has 0 amide bonds. The summed E-state index contributed by atoms with van der Waals surface area (Å²) < 4.78 is 5.74. The van der Waals surface area contributed by atoms with Crippen molar-refractivity contribution in [3.63, 3.8) is 0 Å². The maximum Gasteiger partial charge on any atom is 0.158 e. The third-order valence-corrected chi connectivity index (χ3v) is 4.19. The Morgan fingerprint density at radius 2 is 2.05 bits per heavy atom. The minimum atomic E-state index is 0.674. The molecule has 0 unspecified atom stereocenters. The molecule has 1 heterocycles. The first-order valence-corrected chi connectivity index (χ1v) is 8.12. The van der Waals surface area contributed by atoms with Crippen molar-refractivity contribution in [3.05, 3.63) is 41.6 Å². The van der Waals surface area contributed by atoms with Gasteiger partial charge in [0, 0.05) is 12.0 Å². The second-order valence-electron chi connectivity index (χ2n) is 4.85. The van der Waals surface area contributed by atoms with Crippen LogP contribution in [0.2, 0.25) is 0 Å². The van der Waals surface area contributed by atoms with Gasteiger partial charge >= 0.3 is 0 Å². The smallest absolute Gasteiger partial charge is 0.158 e. The van der Waals surface area contributed by atoms with Gasteiger partial charge in [0.25, 0.3) is 0 Å². The molecule has 0 aromatic heterocycles. The Balaban J connectivity index is 1.61. The normalized spacial score (nSPS) is 14.7. The predicted molar refractivity (Wildman–Crippen MR) is 87.3 cm³/mol. The number of ether oxygens (including phenoxy) is 1. The monoisotopic (exact) mass is 290 g/mol. The second-order valence-corrected chi connectivity index (χ2v) is 5.84. The molecule has 1 aliphatic heterocycles. The van der Waals surface area contributed by atoms with Crippen LogP contribution in [0.3, 0.4) is 0 Å². The Morgan fingerprint density at radius 1 is 1.25 bits per heavy atom. The zero-order valence-corrected chi connectivity index (χ0v) is 12.8. The third kappa shape index (κ3) is 4.93. The maximum atomic E-state index is 5.74. The van der Waals surface area contributed by atoms with Crippen LogP contribution in [-0.4, -0.2) is 17.5 Å². The van der Waals surface area contributed by atoms with Crippen LogP contribution in [0.15, 0.2) is 41.0 Å². The number of thioether (sulfide) groups is 1. The topological polar surface area (TPSA) is 47.6 Å². The van der Waals surface area contributed by atoms with E-state index < -0.39 is 0 Å². The number of amidine groups is 1. The van der Waals surface area contributed by atoms with Crippen LogP contribution in [0, 0.1) is 0 Å². The summed E-state index contributed by atoms with van der Waals surface area (Å²) in [6, 6.07) is 8.36. The molecule has 0 saturated carbocycles. The summed E-state index contributed by atoms with van der Waals surface area (Å²) in [6.07, 6.45) is 6.27. The molecule has 0 aliphatic carbocycles. The quantitative estimate of drug-likeness (QED) is 0.778. The highest BCUT2D eigenvalue weighted by Gasteiger charge is 2.05. The minimum absolute atomic E-state index is 0.674. The highest BCUT2D eigenvalue weighted by atomic mass is 32.2. The first-order chi connectivity index (χ1) is 9.78. The number of aliphatic imine (C=N–C) groups is 1. The fraction of sp³-hybridized carbons (Fsp3) is 0.438. The average molecular weight is 290 g/mol. The van der Waals surface area contributed by atoms with E-state index in [0.29, 0.717) is 5.17 Å². The molecule has 1 aliphatic rings. The number of nitrogens with zero attached hydrogens (tertiary/aromatic N) is 1. The SMILES string of the molecule is CCc1ccc(OCCCCC2=CN=C(N)SC2)cc1. The number of unbranched alkanes of at least 4 members (excludes halogenated alkanes) is 1. The van der Waals surface area contributed by atoms with Crippen LogP contribution in [-0.2, 0) is 6.42 Å². The van der Waals surface area contributed by atoms with E-state index in [2.05, 4.69) is 36.2 Å². The third-order valence-electron chi connectivity index (χ3n) is 3.27. The molecule has 0 saturated heterocycles. The van der Waals surface area contributed by atoms with E-state index in [1.54, 1.807) is 11.8 Å². The van der Waals surface area contributed by atoms with Crippen molar-refractivity contribution in [2.45, 2.75) is 32.6 Å². The number of hydrogen-bond acceptors (Lipinski definition) is 4.